The number of hydrogen-bond donors (Lipinski definition) is 2. The average Bonchev–Trinajstić information content (AvgIpc) is 3.17. The Bertz CT molecular complexity index is 377. The fraction of sp³-hybridized carbons (Fsp3) is 0.600. The Balaban J connectivity index is 2.29. The lowest BCUT2D eigenvalue weighted by Crippen LogP contribution is -2.45. The van der Waals surface area contributed by atoms with Gasteiger partial charge in [-0.25, -0.2) is 0 Å². The van der Waals surface area contributed by atoms with E-state index in [1.54, 1.807) is 0 Å². The third-order valence-electron chi connectivity index (χ3n) is 4.37. The first-order valence-electron chi connectivity index (χ1n) is 6.88. The molecule has 3 heteroatoms. The second-order valence-electron chi connectivity index (χ2n) is 5.14. The number of aliphatic hydroxyl groups excluding tert-OH is 1. The SMILES string of the molecule is CCN(CC)C(O)C1(c2ccccc2)CC1CN. The third-order valence-corrected chi connectivity index (χ3v) is 4.37. The molecule has 1 aromatic carbocycles. The Morgan fingerprint density at radius 3 is 2.39 bits per heavy atom. The molecule has 0 bridgehead atoms. The molecule has 0 amide bonds. The number of benzene rings is 1. The standard InChI is InChI=1S/C15H24N2O/c1-3-17(4-2)14(18)15(10-13(15)11-16)12-8-6-5-7-9-12/h5-9,13-14,18H,3-4,10-11,16H2,1-2H3. The summed E-state index contributed by atoms with van der Waals surface area (Å²) in [7, 11) is 0. The van der Waals surface area contributed by atoms with Crippen LogP contribution in [0.4, 0.5) is 0 Å². The van der Waals surface area contributed by atoms with E-state index in [-0.39, 0.29) is 5.41 Å². The summed E-state index contributed by atoms with van der Waals surface area (Å²) in [5.74, 6) is 0.399. The van der Waals surface area contributed by atoms with Crippen molar-refractivity contribution in [2.75, 3.05) is 19.6 Å². The average molecular weight is 248 g/mol. The lowest BCUT2D eigenvalue weighted by Gasteiger charge is -2.33. The summed E-state index contributed by atoms with van der Waals surface area (Å²) >= 11 is 0. The van der Waals surface area contributed by atoms with E-state index in [2.05, 4.69) is 30.9 Å². The lowest BCUT2D eigenvalue weighted by atomic mass is 9.90. The van der Waals surface area contributed by atoms with E-state index in [1.807, 2.05) is 18.2 Å². The summed E-state index contributed by atoms with van der Waals surface area (Å²) in [5, 5.41) is 10.7. The minimum Gasteiger partial charge on any atom is -0.377 e. The Labute approximate surface area is 110 Å². The van der Waals surface area contributed by atoms with Crippen LogP contribution in [-0.2, 0) is 5.41 Å². The molecule has 3 nitrogen and oxygen atoms in total. The first-order chi connectivity index (χ1) is 8.70. The highest BCUT2D eigenvalue weighted by Gasteiger charge is 2.60. The van der Waals surface area contributed by atoms with Gasteiger partial charge in [0.1, 0.15) is 6.23 Å². The van der Waals surface area contributed by atoms with Gasteiger partial charge in [-0.2, -0.15) is 0 Å². The van der Waals surface area contributed by atoms with Crippen LogP contribution in [-0.4, -0.2) is 35.9 Å². The van der Waals surface area contributed by atoms with E-state index < -0.39 is 6.23 Å². The topological polar surface area (TPSA) is 49.5 Å². The third kappa shape index (κ3) is 2.07. The van der Waals surface area contributed by atoms with Gasteiger partial charge >= 0.3 is 0 Å². The molecule has 1 aliphatic carbocycles. The molecule has 1 saturated carbocycles. The Hall–Kier alpha value is -0.900. The van der Waals surface area contributed by atoms with Crippen molar-refractivity contribution in [1.82, 2.24) is 4.90 Å². The highest BCUT2D eigenvalue weighted by atomic mass is 16.3. The van der Waals surface area contributed by atoms with E-state index in [9.17, 15) is 5.11 Å². The maximum Gasteiger partial charge on any atom is 0.117 e. The van der Waals surface area contributed by atoms with Crippen molar-refractivity contribution in [2.45, 2.75) is 31.9 Å². The summed E-state index contributed by atoms with van der Waals surface area (Å²) in [6, 6.07) is 10.3. The van der Waals surface area contributed by atoms with E-state index >= 15 is 0 Å². The van der Waals surface area contributed by atoms with Crippen LogP contribution >= 0.6 is 0 Å². The minimum atomic E-state index is -0.427. The first kappa shape index (κ1) is 13.5. The number of nitrogens with zero attached hydrogens (tertiary/aromatic N) is 1. The predicted molar refractivity (Wildman–Crippen MR) is 74.2 cm³/mol. The first-order valence-corrected chi connectivity index (χ1v) is 6.88. The van der Waals surface area contributed by atoms with Crippen LogP contribution in [0, 0.1) is 5.92 Å². The van der Waals surface area contributed by atoms with Gasteiger partial charge in [-0.1, -0.05) is 44.2 Å². The molecule has 3 N–H and O–H groups in total. The second kappa shape index (κ2) is 5.39. The van der Waals surface area contributed by atoms with Gasteiger partial charge in [-0.05, 0) is 37.5 Å². The molecule has 3 unspecified atom stereocenters. The van der Waals surface area contributed by atoms with E-state index in [1.165, 1.54) is 5.56 Å². The summed E-state index contributed by atoms with van der Waals surface area (Å²) in [4.78, 5) is 2.11. The van der Waals surface area contributed by atoms with Gasteiger partial charge in [-0.3, -0.25) is 4.90 Å². The monoisotopic (exact) mass is 248 g/mol. The van der Waals surface area contributed by atoms with Crippen LogP contribution in [0.3, 0.4) is 0 Å². The number of rotatable bonds is 6. The normalized spacial score (nSPS) is 28.4. The zero-order valence-corrected chi connectivity index (χ0v) is 11.3. The van der Waals surface area contributed by atoms with Gasteiger partial charge in [0.25, 0.3) is 0 Å². The van der Waals surface area contributed by atoms with Gasteiger partial charge < -0.3 is 10.8 Å². The van der Waals surface area contributed by atoms with Crippen molar-refractivity contribution in [3.8, 4) is 0 Å². The maximum atomic E-state index is 10.7. The van der Waals surface area contributed by atoms with Gasteiger partial charge in [0.05, 0.1) is 0 Å². The molecular formula is C15H24N2O. The molecule has 0 aliphatic heterocycles. The van der Waals surface area contributed by atoms with Crippen molar-refractivity contribution in [1.29, 1.82) is 0 Å². The zero-order chi connectivity index (χ0) is 13.2. The molecule has 1 aromatic rings. The minimum absolute atomic E-state index is 0.151. The quantitative estimate of drug-likeness (QED) is 0.751. The van der Waals surface area contributed by atoms with E-state index in [0.717, 1.165) is 19.5 Å². The molecule has 1 fully saturated rings. The van der Waals surface area contributed by atoms with Crippen LogP contribution in [0.5, 0.6) is 0 Å². The van der Waals surface area contributed by atoms with Crippen LogP contribution in [0.2, 0.25) is 0 Å². The van der Waals surface area contributed by atoms with Crippen molar-refractivity contribution in [2.24, 2.45) is 11.7 Å². The predicted octanol–water partition coefficient (Wildman–Crippen LogP) is 1.56. The molecular weight excluding hydrogens is 224 g/mol. The van der Waals surface area contributed by atoms with Crippen molar-refractivity contribution >= 4 is 0 Å². The largest absolute Gasteiger partial charge is 0.377 e. The fourth-order valence-corrected chi connectivity index (χ4v) is 3.11. The Morgan fingerprint density at radius 2 is 1.94 bits per heavy atom. The van der Waals surface area contributed by atoms with E-state index in [0.29, 0.717) is 12.5 Å². The molecule has 0 saturated heterocycles. The molecule has 3 atom stereocenters. The molecule has 100 valence electrons. The Morgan fingerprint density at radius 1 is 1.33 bits per heavy atom. The summed E-state index contributed by atoms with van der Waals surface area (Å²) in [6.45, 7) is 6.55. The second-order valence-corrected chi connectivity index (χ2v) is 5.14. The highest BCUT2D eigenvalue weighted by molar-refractivity contribution is 5.35. The van der Waals surface area contributed by atoms with Crippen molar-refractivity contribution in [3.63, 3.8) is 0 Å². The zero-order valence-electron chi connectivity index (χ0n) is 11.3. The molecule has 1 aliphatic rings. The van der Waals surface area contributed by atoms with Crippen LogP contribution < -0.4 is 5.73 Å². The van der Waals surface area contributed by atoms with Crippen molar-refractivity contribution in [3.05, 3.63) is 35.9 Å². The molecule has 2 rings (SSSR count). The lowest BCUT2D eigenvalue weighted by molar-refractivity contribution is -0.0240. The molecule has 0 heterocycles. The smallest absolute Gasteiger partial charge is 0.117 e. The Kier molecular flexibility index (Phi) is 4.05. The van der Waals surface area contributed by atoms with Crippen LogP contribution in [0.25, 0.3) is 0 Å². The summed E-state index contributed by atoms with van der Waals surface area (Å²) < 4.78 is 0. The van der Waals surface area contributed by atoms with Gasteiger partial charge in [0.2, 0.25) is 0 Å². The number of nitrogens with two attached hydrogens (primary N) is 1. The van der Waals surface area contributed by atoms with Crippen molar-refractivity contribution < 1.29 is 5.11 Å². The van der Waals surface area contributed by atoms with Crippen LogP contribution in [0.15, 0.2) is 30.3 Å². The number of aliphatic hydroxyl groups is 1. The molecule has 0 aromatic heterocycles. The molecule has 18 heavy (non-hydrogen) atoms. The fourth-order valence-electron chi connectivity index (χ4n) is 3.11. The van der Waals surface area contributed by atoms with Gasteiger partial charge in [0, 0.05) is 5.41 Å². The van der Waals surface area contributed by atoms with Gasteiger partial charge in [-0.15, -0.1) is 0 Å². The number of hydrogen-bond acceptors (Lipinski definition) is 3. The summed E-state index contributed by atoms with van der Waals surface area (Å²) in [6.07, 6.45) is 0.564. The molecule has 0 radical (unpaired) electrons. The van der Waals surface area contributed by atoms with E-state index in [4.69, 9.17) is 5.73 Å². The highest BCUT2D eigenvalue weighted by Crippen LogP contribution is 2.56. The van der Waals surface area contributed by atoms with Gasteiger partial charge in [0.15, 0.2) is 0 Å². The summed E-state index contributed by atoms with van der Waals surface area (Å²) in [5.41, 5.74) is 6.91. The van der Waals surface area contributed by atoms with Crippen LogP contribution in [0.1, 0.15) is 25.8 Å². The number of likely N-dealkylation sites (N-methyl/N-ethyl adjacent to an activating group) is 1. The maximum absolute atomic E-state index is 10.7. The molecule has 0 spiro atoms.